The highest BCUT2D eigenvalue weighted by Gasteiger charge is 2.20. The number of fused-ring (bicyclic) bond motifs is 2. The Morgan fingerprint density at radius 3 is 2.93 bits per heavy atom. The van der Waals surface area contributed by atoms with Crippen molar-refractivity contribution in [3.05, 3.63) is 46.7 Å². The number of hydrogen-bond acceptors (Lipinski definition) is 4. The van der Waals surface area contributed by atoms with Crippen molar-refractivity contribution in [3.63, 3.8) is 0 Å². The minimum atomic E-state index is 0.0573. The largest absolute Gasteiger partial charge is 0.464 e. The fourth-order valence-corrected chi connectivity index (χ4v) is 3.79. The maximum atomic E-state index is 12.8. The highest BCUT2D eigenvalue weighted by molar-refractivity contribution is 5.89. The van der Waals surface area contributed by atoms with Gasteiger partial charge in [0.05, 0.1) is 19.2 Å². The van der Waals surface area contributed by atoms with E-state index in [1.54, 1.807) is 11.2 Å². The molecule has 0 fully saturated rings. The Bertz CT molecular complexity index is 986. The molecular formula is C21H26N4O2. The fraction of sp³-hybridized carbons (Fsp3) is 0.476. The molecule has 6 heteroatoms. The van der Waals surface area contributed by atoms with Gasteiger partial charge in [-0.1, -0.05) is 18.6 Å². The molecule has 3 aromatic rings. The molecule has 0 radical (unpaired) electrons. The standard InChI is InChI=1S/C21H26N4O2/c1-14-8-9-17-16(13-27-21(17)15(14)2)11-20(26)24(3)12-19-23-22-18-7-5-4-6-10-25(18)19/h8-9,13H,4-7,10-12H2,1-3H3. The Morgan fingerprint density at radius 2 is 2.07 bits per heavy atom. The predicted octanol–water partition coefficient (Wildman–Crippen LogP) is 3.57. The lowest BCUT2D eigenvalue weighted by molar-refractivity contribution is -0.129. The first-order chi connectivity index (χ1) is 13.0. The second-order valence-corrected chi connectivity index (χ2v) is 7.57. The van der Waals surface area contributed by atoms with Crippen LogP contribution in [0.3, 0.4) is 0 Å². The molecule has 0 unspecified atom stereocenters. The van der Waals surface area contributed by atoms with Crippen LogP contribution in [0.15, 0.2) is 22.8 Å². The zero-order valence-electron chi connectivity index (χ0n) is 16.3. The molecule has 0 saturated heterocycles. The summed E-state index contributed by atoms with van der Waals surface area (Å²) < 4.78 is 7.93. The lowest BCUT2D eigenvalue weighted by Gasteiger charge is -2.17. The van der Waals surface area contributed by atoms with E-state index in [1.165, 1.54) is 18.4 Å². The monoisotopic (exact) mass is 366 g/mol. The molecule has 3 heterocycles. The Kier molecular flexibility index (Phi) is 4.72. The number of carbonyl (C=O) groups excluding carboxylic acids is 1. The van der Waals surface area contributed by atoms with E-state index in [4.69, 9.17) is 4.42 Å². The molecule has 0 atom stereocenters. The summed E-state index contributed by atoms with van der Waals surface area (Å²) in [6.45, 7) is 5.55. The summed E-state index contributed by atoms with van der Waals surface area (Å²) >= 11 is 0. The van der Waals surface area contributed by atoms with Crippen LogP contribution in [0.5, 0.6) is 0 Å². The Hall–Kier alpha value is -2.63. The summed E-state index contributed by atoms with van der Waals surface area (Å²) in [5, 5.41) is 9.68. The van der Waals surface area contributed by atoms with Gasteiger partial charge in [0.1, 0.15) is 11.4 Å². The summed E-state index contributed by atoms with van der Waals surface area (Å²) in [7, 11) is 1.83. The molecule has 0 aliphatic carbocycles. The van der Waals surface area contributed by atoms with Gasteiger partial charge in [-0.05, 0) is 37.8 Å². The summed E-state index contributed by atoms with van der Waals surface area (Å²) in [5.74, 6) is 1.99. The van der Waals surface area contributed by atoms with E-state index in [0.717, 1.165) is 53.1 Å². The lowest BCUT2D eigenvalue weighted by Crippen LogP contribution is -2.29. The van der Waals surface area contributed by atoms with Gasteiger partial charge in [-0.15, -0.1) is 10.2 Å². The normalized spacial score (nSPS) is 14.2. The molecule has 0 bridgehead atoms. The number of hydrogen-bond donors (Lipinski definition) is 0. The molecular weight excluding hydrogens is 340 g/mol. The van der Waals surface area contributed by atoms with Crippen LogP contribution < -0.4 is 0 Å². The van der Waals surface area contributed by atoms with Gasteiger partial charge in [0.15, 0.2) is 5.82 Å². The summed E-state index contributed by atoms with van der Waals surface area (Å²) in [5.41, 5.74) is 4.14. The predicted molar refractivity (Wildman–Crippen MR) is 103 cm³/mol. The zero-order valence-corrected chi connectivity index (χ0v) is 16.3. The number of likely N-dealkylation sites (N-methyl/N-ethyl adjacent to an activating group) is 1. The minimum Gasteiger partial charge on any atom is -0.464 e. The highest BCUT2D eigenvalue weighted by Crippen LogP contribution is 2.27. The second-order valence-electron chi connectivity index (χ2n) is 7.57. The van der Waals surface area contributed by atoms with Crippen molar-refractivity contribution in [2.45, 2.75) is 59.0 Å². The van der Waals surface area contributed by atoms with Crippen LogP contribution in [0.4, 0.5) is 0 Å². The number of benzene rings is 1. The van der Waals surface area contributed by atoms with E-state index < -0.39 is 0 Å². The summed E-state index contributed by atoms with van der Waals surface area (Å²) in [4.78, 5) is 14.5. The van der Waals surface area contributed by atoms with E-state index in [1.807, 2.05) is 13.1 Å². The molecule has 1 amide bonds. The van der Waals surface area contributed by atoms with Gasteiger partial charge < -0.3 is 13.9 Å². The number of aromatic nitrogens is 3. The number of rotatable bonds is 4. The third-order valence-corrected chi connectivity index (χ3v) is 5.67. The third kappa shape index (κ3) is 3.36. The number of nitrogens with zero attached hydrogens (tertiary/aromatic N) is 4. The van der Waals surface area contributed by atoms with Crippen LogP contribution in [0.1, 0.15) is 47.6 Å². The topological polar surface area (TPSA) is 64.2 Å². The average molecular weight is 366 g/mol. The number of amides is 1. The highest BCUT2D eigenvalue weighted by atomic mass is 16.3. The van der Waals surface area contributed by atoms with Crippen LogP contribution in [-0.2, 0) is 30.7 Å². The summed E-state index contributed by atoms with van der Waals surface area (Å²) in [6.07, 6.45) is 6.56. The molecule has 4 rings (SSSR count). The maximum Gasteiger partial charge on any atom is 0.227 e. The van der Waals surface area contributed by atoms with E-state index in [0.29, 0.717) is 13.0 Å². The van der Waals surface area contributed by atoms with Crippen molar-refractivity contribution >= 4 is 16.9 Å². The van der Waals surface area contributed by atoms with E-state index in [9.17, 15) is 4.79 Å². The van der Waals surface area contributed by atoms with Crippen LogP contribution in [0.2, 0.25) is 0 Å². The first-order valence-corrected chi connectivity index (χ1v) is 9.66. The molecule has 0 spiro atoms. The van der Waals surface area contributed by atoms with Gasteiger partial charge in [-0.3, -0.25) is 4.79 Å². The fourth-order valence-electron chi connectivity index (χ4n) is 3.79. The number of aryl methyl sites for hydroxylation is 3. The third-order valence-electron chi connectivity index (χ3n) is 5.67. The zero-order chi connectivity index (χ0) is 19.0. The Labute approximate surface area is 159 Å². The second kappa shape index (κ2) is 7.18. The smallest absolute Gasteiger partial charge is 0.227 e. The Balaban J connectivity index is 1.49. The minimum absolute atomic E-state index is 0.0573. The number of furan rings is 1. The molecule has 1 aliphatic rings. The van der Waals surface area contributed by atoms with Gasteiger partial charge in [-0.25, -0.2) is 0 Å². The van der Waals surface area contributed by atoms with Crippen molar-refractivity contribution in [2.24, 2.45) is 0 Å². The molecule has 142 valence electrons. The molecule has 1 aliphatic heterocycles. The van der Waals surface area contributed by atoms with Crippen molar-refractivity contribution in [1.82, 2.24) is 19.7 Å². The van der Waals surface area contributed by atoms with Gasteiger partial charge in [0, 0.05) is 31.0 Å². The molecule has 27 heavy (non-hydrogen) atoms. The van der Waals surface area contributed by atoms with E-state index in [2.05, 4.69) is 34.7 Å². The van der Waals surface area contributed by atoms with Crippen molar-refractivity contribution in [2.75, 3.05) is 7.05 Å². The molecule has 0 saturated carbocycles. The SMILES string of the molecule is Cc1ccc2c(CC(=O)N(C)Cc3nnc4n3CCCCC4)coc2c1C. The molecule has 6 nitrogen and oxygen atoms in total. The van der Waals surface area contributed by atoms with Crippen LogP contribution in [0, 0.1) is 13.8 Å². The molecule has 2 aromatic heterocycles. The first-order valence-electron chi connectivity index (χ1n) is 9.66. The van der Waals surface area contributed by atoms with Crippen LogP contribution in [0.25, 0.3) is 11.0 Å². The van der Waals surface area contributed by atoms with Gasteiger partial charge in [-0.2, -0.15) is 0 Å². The van der Waals surface area contributed by atoms with Gasteiger partial charge in [0.25, 0.3) is 0 Å². The number of carbonyl (C=O) groups is 1. The van der Waals surface area contributed by atoms with Gasteiger partial charge >= 0.3 is 0 Å². The lowest BCUT2D eigenvalue weighted by atomic mass is 10.0. The van der Waals surface area contributed by atoms with Crippen LogP contribution >= 0.6 is 0 Å². The van der Waals surface area contributed by atoms with E-state index in [-0.39, 0.29) is 5.91 Å². The average Bonchev–Trinajstić information content (AvgIpc) is 3.14. The van der Waals surface area contributed by atoms with Crippen molar-refractivity contribution in [3.8, 4) is 0 Å². The first kappa shape index (κ1) is 17.8. The quantitative estimate of drug-likeness (QED) is 0.708. The van der Waals surface area contributed by atoms with E-state index >= 15 is 0 Å². The van der Waals surface area contributed by atoms with Crippen molar-refractivity contribution in [1.29, 1.82) is 0 Å². The maximum absolute atomic E-state index is 12.8. The van der Waals surface area contributed by atoms with Gasteiger partial charge in [0.2, 0.25) is 5.91 Å². The summed E-state index contributed by atoms with van der Waals surface area (Å²) in [6, 6.07) is 4.12. The van der Waals surface area contributed by atoms with Crippen molar-refractivity contribution < 1.29 is 9.21 Å². The molecule has 0 N–H and O–H groups in total. The Morgan fingerprint density at radius 1 is 1.22 bits per heavy atom. The van der Waals surface area contributed by atoms with Crippen LogP contribution in [-0.4, -0.2) is 32.6 Å². The molecule has 1 aromatic carbocycles.